The maximum absolute atomic E-state index is 12.8. The Balaban J connectivity index is 4.30. The second-order valence-corrected chi connectivity index (χ2v) is 17.1. The van der Waals surface area contributed by atoms with Gasteiger partial charge in [0.05, 0.1) is 6.61 Å². The number of carbonyl (C=O) groups excluding carboxylic acids is 2. The zero-order valence-electron chi connectivity index (χ0n) is 38.3. The normalized spacial score (nSPS) is 12.3. The zero-order valence-corrected chi connectivity index (χ0v) is 38.3. The van der Waals surface area contributed by atoms with Crippen molar-refractivity contribution in [1.29, 1.82) is 0 Å². The van der Waals surface area contributed by atoms with Crippen LogP contribution in [0.1, 0.15) is 247 Å². The van der Waals surface area contributed by atoms with Crippen LogP contribution in [0.5, 0.6) is 0 Å². The van der Waals surface area contributed by atoms with Gasteiger partial charge < -0.3 is 19.3 Å². The highest BCUT2D eigenvalue weighted by Crippen LogP contribution is 2.19. The number of nitrogens with zero attached hydrogens (tertiary/aromatic N) is 2. The van der Waals surface area contributed by atoms with Crippen LogP contribution in [0.3, 0.4) is 0 Å². The van der Waals surface area contributed by atoms with Gasteiger partial charge in [-0.1, -0.05) is 176 Å². The summed E-state index contributed by atoms with van der Waals surface area (Å²) < 4.78 is 11.6. The molecule has 0 saturated carbocycles. The van der Waals surface area contributed by atoms with Gasteiger partial charge in [-0.15, -0.1) is 0 Å². The molecule has 0 spiro atoms. The molecular weight excluding hydrogens is 681 g/mol. The Labute approximate surface area is 344 Å². The molecule has 0 aliphatic carbocycles. The van der Waals surface area contributed by atoms with Crippen molar-refractivity contribution in [3.8, 4) is 0 Å². The van der Waals surface area contributed by atoms with Crippen LogP contribution < -0.4 is 0 Å². The van der Waals surface area contributed by atoms with Gasteiger partial charge in [0.2, 0.25) is 0 Å². The Hall–Kier alpha value is -1.14. The summed E-state index contributed by atoms with van der Waals surface area (Å²) in [6.07, 6.45) is 38.1. The minimum Gasteiger partial charge on any atom is -0.465 e. The van der Waals surface area contributed by atoms with Crippen molar-refractivity contribution in [2.24, 2.45) is 5.92 Å². The summed E-state index contributed by atoms with van der Waals surface area (Å²) in [7, 11) is 0. The third-order valence-electron chi connectivity index (χ3n) is 11.7. The second-order valence-electron chi connectivity index (χ2n) is 17.1. The molecule has 6 nitrogen and oxygen atoms in total. The number of ether oxygens (including phenoxy) is 2. The van der Waals surface area contributed by atoms with Crippen molar-refractivity contribution in [3.63, 3.8) is 0 Å². The molecule has 0 fully saturated rings. The average molecular weight is 779 g/mol. The van der Waals surface area contributed by atoms with Crippen LogP contribution in [0.2, 0.25) is 0 Å². The zero-order chi connectivity index (χ0) is 40.5. The van der Waals surface area contributed by atoms with E-state index < -0.39 is 0 Å². The summed E-state index contributed by atoms with van der Waals surface area (Å²) in [5.74, 6) is 0.507. The van der Waals surface area contributed by atoms with Gasteiger partial charge in [0.15, 0.2) is 0 Å². The maximum atomic E-state index is 12.8. The van der Waals surface area contributed by atoms with Crippen LogP contribution in [-0.4, -0.2) is 73.7 Å². The van der Waals surface area contributed by atoms with E-state index in [2.05, 4.69) is 51.3 Å². The summed E-state index contributed by atoms with van der Waals surface area (Å²) in [6, 6.07) is 0. The lowest BCUT2D eigenvalue weighted by Crippen LogP contribution is -2.36. The molecule has 0 aromatic carbocycles. The molecule has 0 amide bonds. The minimum atomic E-state index is -0.00779. The first kappa shape index (κ1) is 53.9. The number of esters is 2. The van der Waals surface area contributed by atoms with E-state index in [-0.39, 0.29) is 18.0 Å². The molecule has 0 heterocycles. The van der Waals surface area contributed by atoms with Crippen LogP contribution in [0, 0.1) is 5.92 Å². The van der Waals surface area contributed by atoms with E-state index >= 15 is 0 Å². The van der Waals surface area contributed by atoms with E-state index in [0.717, 1.165) is 64.7 Å². The monoisotopic (exact) mass is 779 g/mol. The fourth-order valence-electron chi connectivity index (χ4n) is 7.73. The van der Waals surface area contributed by atoms with Crippen LogP contribution in [-0.2, 0) is 19.1 Å². The molecule has 0 rings (SSSR count). The van der Waals surface area contributed by atoms with Crippen LogP contribution in [0.4, 0.5) is 0 Å². The van der Waals surface area contributed by atoms with Gasteiger partial charge in [0.1, 0.15) is 6.10 Å². The van der Waals surface area contributed by atoms with Gasteiger partial charge in [0, 0.05) is 25.9 Å². The van der Waals surface area contributed by atoms with Crippen molar-refractivity contribution in [2.45, 2.75) is 253 Å². The number of hydrogen-bond donors (Lipinski definition) is 0. The highest BCUT2D eigenvalue weighted by molar-refractivity contribution is 5.69. The average Bonchev–Trinajstić information content (AvgIpc) is 3.18. The molecule has 1 unspecified atom stereocenters. The van der Waals surface area contributed by atoms with E-state index in [1.165, 1.54) is 167 Å². The predicted octanol–water partition coefficient (Wildman–Crippen LogP) is 14.3. The van der Waals surface area contributed by atoms with Gasteiger partial charge >= 0.3 is 11.9 Å². The summed E-state index contributed by atoms with van der Waals surface area (Å²) in [6.45, 7) is 21.0. The third kappa shape index (κ3) is 38.2. The van der Waals surface area contributed by atoms with E-state index in [0.29, 0.717) is 25.4 Å². The van der Waals surface area contributed by atoms with Crippen LogP contribution >= 0.6 is 0 Å². The first-order valence-electron chi connectivity index (χ1n) is 24.7. The number of rotatable bonds is 44. The first-order chi connectivity index (χ1) is 26.9. The van der Waals surface area contributed by atoms with Crippen molar-refractivity contribution in [3.05, 3.63) is 0 Å². The van der Waals surface area contributed by atoms with Crippen molar-refractivity contribution in [1.82, 2.24) is 9.80 Å². The topological polar surface area (TPSA) is 59.1 Å². The molecule has 0 aromatic heterocycles. The SMILES string of the molecule is CCCCCCCCC(CCCCCCCC)OC(=O)CCCCCCCN(CCCCCCCC(=O)OCC(C)CCCCCCC)CCN(CC)CC. The second kappa shape index (κ2) is 42.5. The maximum Gasteiger partial charge on any atom is 0.306 e. The molecule has 0 bridgehead atoms. The van der Waals surface area contributed by atoms with E-state index in [1.807, 2.05) is 0 Å². The van der Waals surface area contributed by atoms with Crippen LogP contribution in [0.25, 0.3) is 0 Å². The molecule has 0 aliphatic heterocycles. The fourth-order valence-corrected chi connectivity index (χ4v) is 7.73. The highest BCUT2D eigenvalue weighted by Gasteiger charge is 2.15. The number of likely N-dealkylation sites (N-methyl/N-ethyl adjacent to an activating group) is 1. The lowest BCUT2D eigenvalue weighted by molar-refractivity contribution is -0.150. The Morgan fingerprint density at radius 3 is 1.27 bits per heavy atom. The number of unbranched alkanes of at least 4 members (excludes halogenated alkanes) is 22. The van der Waals surface area contributed by atoms with E-state index in [1.54, 1.807) is 0 Å². The number of carbonyl (C=O) groups is 2. The molecule has 0 aliphatic rings. The van der Waals surface area contributed by atoms with Gasteiger partial charge in [0.25, 0.3) is 0 Å². The molecular formula is C49H98N2O4. The van der Waals surface area contributed by atoms with Crippen molar-refractivity contribution < 1.29 is 19.1 Å². The Kier molecular flexibility index (Phi) is 41.6. The van der Waals surface area contributed by atoms with Gasteiger partial charge in [-0.05, 0) is 89.9 Å². The minimum absolute atomic E-state index is 0.00779. The Morgan fingerprint density at radius 2 is 0.800 bits per heavy atom. The highest BCUT2D eigenvalue weighted by atomic mass is 16.5. The van der Waals surface area contributed by atoms with Crippen molar-refractivity contribution in [2.75, 3.05) is 45.9 Å². The molecule has 0 saturated heterocycles. The predicted molar refractivity (Wildman–Crippen MR) is 239 cm³/mol. The van der Waals surface area contributed by atoms with Gasteiger partial charge in [-0.2, -0.15) is 0 Å². The van der Waals surface area contributed by atoms with Crippen LogP contribution in [0.15, 0.2) is 0 Å². The van der Waals surface area contributed by atoms with E-state index in [4.69, 9.17) is 9.47 Å². The Morgan fingerprint density at radius 1 is 0.418 bits per heavy atom. The number of hydrogen-bond acceptors (Lipinski definition) is 6. The molecule has 1 atom stereocenters. The molecule has 55 heavy (non-hydrogen) atoms. The van der Waals surface area contributed by atoms with E-state index in [9.17, 15) is 9.59 Å². The molecule has 0 N–H and O–H groups in total. The largest absolute Gasteiger partial charge is 0.465 e. The summed E-state index contributed by atoms with van der Waals surface area (Å²) in [4.78, 5) is 30.3. The lowest BCUT2D eigenvalue weighted by Gasteiger charge is -2.26. The quantitative estimate of drug-likeness (QED) is 0.0453. The lowest BCUT2D eigenvalue weighted by atomic mass is 10.0. The standard InChI is InChI=1S/C49H98N2O4/c1-7-12-15-18-23-30-37-47(38-31-24-19-16-13-8-2)55-49(53)40-33-26-21-28-35-42-51(44-43-50(10-4)11-5)41-34-27-20-25-32-39-48(52)54-45-46(6)36-29-22-17-14-9-3/h46-47H,7-45H2,1-6H3. The molecule has 0 radical (unpaired) electrons. The smallest absolute Gasteiger partial charge is 0.306 e. The first-order valence-corrected chi connectivity index (χ1v) is 24.7. The van der Waals surface area contributed by atoms with Gasteiger partial charge in [-0.25, -0.2) is 0 Å². The molecule has 6 heteroatoms. The Bertz CT molecular complexity index is 788. The summed E-state index contributed by atoms with van der Waals surface area (Å²) in [5.41, 5.74) is 0. The summed E-state index contributed by atoms with van der Waals surface area (Å²) in [5, 5.41) is 0. The summed E-state index contributed by atoms with van der Waals surface area (Å²) >= 11 is 0. The molecule has 328 valence electrons. The van der Waals surface area contributed by atoms with Crippen molar-refractivity contribution >= 4 is 11.9 Å². The molecule has 0 aromatic rings. The fraction of sp³-hybridized carbons (Fsp3) is 0.959. The van der Waals surface area contributed by atoms with Gasteiger partial charge in [-0.3, -0.25) is 9.59 Å². The third-order valence-corrected chi connectivity index (χ3v) is 11.7.